The van der Waals surface area contributed by atoms with Crippen LogP contribution in [0.15, 0.2) is 35.5 Å². The molecule has 2 heterocycles. The molecule has 1 aliphatic heterocycles. The second kappa shape index (κ2) is 7.76. The topological polar surface area (TPSA) is 75.9 Å². The highest BCUT2D eigenvalue weighted by molar-refractivity contribution is 8.00. The zero-order chi connectivity index (χ0) is 16.9. The quantitative estimate of drug-likeness (QED) is 0.789. The van der Waals surface area contributed by atoms with Gasteiger partial charge in [0.15, 0.2) is 0 Å². The molecule has 0 bridgehead atoms. The average Bonchev–Trinajstić information content (AvgIpc) is 3.18. The van der Waals surface area contributed by atoms with Crippen LogP contribution >= 0.6 is 11.8 Å². The van der Waals surface area contributed by atoms with Gasteiger partial charge in [-0.05, 0) is 29.3 Å². The van der Waals surface area contributed by atoms with Gasteiger partial charge < -0.3 is 5.32 Å². The Hall–Kier alpha value is -1.93. The molecule has 3 rings (SSSR count). The molecule has 2 aromatic rings. The SMILES string of the molecule is CC(Sc1nnnn1C)C(=O)NC1CCN(Cc2ccccc2)C1. The van der Waals surface area contributed by atoms with Crippen molar-refractivity contribution in [3.8, 4) is 0 Å². The average molecular weight is 346 g/mol. The van der Waals surface area contributed by atoms with E-state index in [4.69, 9.17) is 0 Å². The van der Waals surface area contributed by atoms with Gasteiger partial charge in [0.25, 0.3) is 0 Å². The van der Waals surface area contributed by atoms with Crippen molar-refractivity contribution in [3.05, 3.63) is 35.9 Å². The number of tetrazole rings is 1. The summed E-state index contributed by atoms with van der Waals surface area (Å²) in [4.78, 5) is 14.8. The second-order valence-corrected chi connectivity index (χ2v) is 7.37. The summed E-state index contributed by atoms with van der Waals surface area (Å²) in [6.45, 7) is 4.71. The summed E-state index contributed by atoms with van der Waals surface area (Å²) < 4.78 is 1.58. The highest BCUT2D eigenvalue weighted by Crippen LogP contribution is 2.20. The maximum Gasteiger partial charge on any atom is 0.233 e. The molecule has 2 atom stereocenters. The van der Waals surface area contributed by atoms with Crippen LogP contribution in [0.3, 0.4) is 0 Å². The third-order valence-electron chi connectivity index (χ3n) is 4.10. The molecule has 1 aromatic heterocycles. The minimum absolute atomic E-state index is 0.0366. The van der Waals surface area contributed by atoms with Crippen molar-refractivity contribution in [3.63, 3.8) is 0 Å². The second-order valence-electron chi connectivity index (χ2n) is 6.06. The molecule has 7 nitrogen and oxygen atoms in total. The van der Waals surface area contributed by atoms with Crippen molar-refractivity contribution in [2.45, 2.75) is 36.3 Å². The van der Waals surface area contributed by atoms with Crippen molar-refractivity contribution >= 4 is 17.7 Å². The van der Waals surface area contributed by atoms with Gasteiger partial charge in [0.2, 0.25) is 11.1 Å². The Bertz CT molecular complexity index is 676. The normalized spacial score (nSPS) is 19.3. The standard InChI is InChI=1S/C16H22N6OS/c1-12(24-16-18-19-20-21(16)2)15(23)17-14-8-9-22(11-14)10-13-6-4-3-5-7-13/h3-7,12,14H,8-11H2,1-2H3,(H,17,23). The molecule has 24 heavy (non-hydrogen) atoms. The van der Waals surface area contributed by atoms with Crippen molar-refractivity contribution in [2.75, 3.05) is 13.1 Å². The molecule has 0 radical (unpaired) electrons. The van der Waals surface area contributed by atoms with Crippen LogP contribution in [0, 0.1) is 0 Å². The first-order chi connectivity index (χ1) is 11.6. The van der Waals surface area contributed by atoms with Crippen LogP contribution in [0.25, 0.3) is 0 Å². The number of benzene rings is 1. The maximum absolute atomic E-state index is 12.4. The fraction of sp³-hybridized carbons (Fsp3) is 0.500. The van der Waals surface area contributed by atoms with Crippen LogP contribution in [0.2, 0.25) is 0 Å². The fourth-order valence-electron chi connectivity index (χ4n) is 2.79. The zero-order valence-corrected chi connectivity index (χ0v) is 14.7. The van der Waals surface area contributed by atoms with E-state index < -0.39 is 0 Å². The molecule has 128 valence electrons. The van der Waals surface area contributed by atoms with E-state index in [0.29, 0.717) is 5.16 Å². The Balaban J connectivity index is 1.46. The van der Waals surface area contributed by atoms with Gasteiger partial charge in [-0.1, -0.05) is 42.1 Å². The van der Waals surface area contributed by atoms with Crippen LogP contribution in [-0.2, 0) is 18.4 Å². The third kappa shape index (κ3) is 4.33. The Labute approximate surface area is 145 Å². The number of hydrogen-bond acceptors (Lipinski definition) is 6. The third-order valence-corrected chi connectivity index (χ3v) is 5.22. The number of amides is 1. The van der Waals surface area contributed by atoms with E-state index in [1.54, 1.807) is 11.7 Å². The molecular weight excluding hydrogens is 324 g/mol. The number of carbonyl (C=O) groups is 1. The van der Waals surface area contributed by atoms with E-state index in [1.807, 2.05) is 13.0 Å². The van der Waals surface area contributed by atoms with E-state index in [2.05, 4.69) is 50.0 Å². The number of nitrogens with one attached hydrogen (secondary N) is 1. The monoisotopic (exact) mass is 346 g/mol. The van der Waals surface area contributed by atoms with Gasteiger partial charge in [-0.2, -0.15) is 0 Å². The number of carbonyl (C=O) groups excluding carboxylic acids is 1. The Morgan fingerprint density at radius 1 is 1.42 bits per heavy atom. The Morgan fingerprint density at radius 3 is 2.92 bits per heavy atom. The number of thioether (sulfide) groups is 1. The number of hydrogen-bond donors (Lipinski definition) is 1. The summed E-state index contributed by atoms with van der Waals surface area (Å²) >= 11 is 1.37. The lowest BCUT2D eigenvalue weighted by Gasteiger charge is -2.18. The van der Waals surface area contributed by atoms with E-state index in [9.17, 15) is 4.79 Å². The van der Waals surface area contributed by atoms with Gasteiger partial charge in [-0.3, -0.25) is 9.69 Å². The van der Waals surface area contributed by atoms with E-state index in [1.165, 1.54) is 17.3 Å². The lowest BCUT2D eigenvalue weighted by molar-refractivity contribution is -0.120. The summed E-state index contributed by atoms with van der Waals surface area (Å²) in [7, 11) is 1.77. The smallest absolute Gasteiger partial charge is 0.233 e. The van der Waals surface area contributed by atoms with Crippen LogP contribution in [-0.4, -0.2) is 55.4 Å². The predicted molar refractivity (Wildman–Crippen MR) is 92.4 cm³/mol. The molecule has 0 saturated carbocycles. The van der Waals surface area contributed by atoms with Crippen molar-refractivity contribution in [2.24, 2.45) is 7.05 Å². The predicted octanol–water partition coefficient (Wildman–Crippen LogP) is 1.08. The summed E-state index contributed by atoms with van der Waals surface area (Å²) in [6.07, 6.45) is 0.988. The molecule has 8 heteroatoms. The number of rotatable bonds is 6. The van der Waals surface area contributed by atoms with E-state index in [0.717, 1.165) is 26.1 Å². The van der Waals surface area contributed by atoms with Crippen LogP contribution in [0.4, 0.5) is 0 Å². The number of likely N-dealkylation sites (tertiary alicyclic amines) is 1. The molecule has 0 spiro atoms. The largest absolute Gasteiger partial charge is 0.351 e. The fourth-order valence-corrected chi connectivity index (χ4v) is 3.55. The van der Waals surface area contributed by atoms with E-state index in [-0.39, 0.29) is 17.2 Å². The number of nitrogens with zero attached hydrogens (tertiary/aromatic N) is 5. The van der Waals surface area contributed by atoms with Crippen molar-refractivity contribution in [1.82, 2.24) is 30.4 Å². The highest BCUT2D eigenvalue weighted by Gasteiger charge is 2.26. The molecule has 2 unspecified atom stereocenters. The zero-order valence-electron chi connectivity index (χ0n) is 13.9. The molecule has 1 amide bonds. The molecule has 1 aromatic carbocycles. The molecule has 1 N–H and O–H groups in total. The van der Waals surface area contributed by atoms with Gasteiger partial charge in [-0.25, -0.2) is 4.68 Å². The molecule has 1 aliphatic rings. The molecule has 0 aliphatic carbocycles. The Morgan fingerprint density at radius 2 is 2.21 bits per heavy atom. The molecular formula is C16H22N6OS. The highest BCUT2D eigenvalue weighted by atomic mass is 32.2. The summed E-state index contributed by atoms with van der Waals surface area (Å²) in [5.74, 6) is 0.0366. The number of aryl methyl sites for hydroxylation is 1. The molecule has 1 fully saturated rings. The summed E-state index contributed by atoms with van der Waals surface area (Å²) in [5.41, 5.74) is 1.31. The molecule has 1 saturated heterocycles. The van der Waals surface area contributed by atoms with Crippen LogP contribution < -0.4 is 5.32 Å². The van der Waals surface area contributed by atoms with Gasteiger partial charge >= 0.3 is 0 Å². The lowest BCUT2D eigenvalue weighted by Crippen LogP contribution is -2.40. The maximum atomic E-state index is 12.4. The first-order valence-electron chi connectivity index (χ1n) is 8.07. The van der Waals surface area contributed by atoms with Crippen molar-refractivity contribution in [1.29, 1.82) is 0 Å². The van der Waals surface area contributed by atoms with Crippen molar-refractivity contribution < 1.29 is 4.79 Å². The van der Waals surface area contributed by atoms with Crippen LogP contribution in [0.5, 0.6) is 0 Å². The minimum Gasteiger partial charge on any atom is -0.351 e. The number of aromatic nitrogens is 4. The summed E-state index contributed by atoms with van der Waals surface area (Å²) in [6, 6.07) is 10.6. The first kappa shape index (κ1) is 16.9. The Kier molecular flexibility index (Phi) is 5.47. The lowest BCUT2D eigenvalue weighted by atomic mass is 10.2. The summed E-state index contributed by atoms with van der Waals surface area (Å²) in [5, 5.41) is 14.8. The van der Waals surface area contributed by atoms with Gasteiger partial charge in [0.1, 0.15) is 0 Å². The van der Waals surface area contributed by atoms with Gasteiger partial charge in [-0.15, -0.1) is 5.10 Å². The first-order valence-corrected chi connectivity index (χ1v) is 8.95. The van der Waals surface area contributed by atoms with Gasteiger partial charge in [0, 0.05) is 32.7 Å². The van der Waals surface area contributed by atoms with Crippen LogP contribution in [0.1, 0.15) is 18.9 Å². The van der Waals surface area contributed by atoms with Gasteiger partial charge in [0.05, 0.1) is 5.25 Å². The van der Waals surface area contributed by atoms with E-state index >= 15 is 0 Å². The minimum atomic E-state index is -0.224.